The summed E-state index contributed by atoms with van der Waals surface area (Å²) < 4.78 is 5.46. The number of hydrogen-bond donors (Lipinski definition) is 1. The maximum Gasteiger partial charge on any atom is 0.259 e. The Morgan fingerprint density at radius 1 is 1.50 bits per heavy atom. The number of nitrogens with one attached hydrogen (secondary N) is 1. The van der Waals surface area contributed by atoms with Crippen molar-refractivity contribution in [1.82, 2.24) is 19.9 Å². The average Bonchev–Trinajstić information content (AvgIpc) is 3.16. The fourth-order valence-corrected chi connectivity index (χ4v) is 2.78. The van der Waals surface area contributed by atoms with Crippen LogP contribution < -0.4 is 4.74 Å². The molecule has 0 spiro atoms. The molecule has 0 aromatic carbocycles. The minimum absolute atomic E-state index is 0.0256. The number of carbonyl (C=O) groups is 1. The van der Waals surface area contributed by atoms with E-state index in [4.69, 9.17) is 4.74 Å². The Labute approximate surface area is 129 Å². The van der Waals surface area contributed by atoms with Gasteiger partial charge in [-0.15, -0.1) is 0 Å². The second-order valence-electron chi connectivity index (χ2n) is 5.48. The number of ether oxygens (including phenoxy) is 1. The molecule has 0 bridgehead atoms. The van der Waals surface area contributed by atoms with Gasteiger partial charge in [-0.05, 0) is 32.4 Å². The topological polar surface area (TPSA) is 71.1 Å². The minimum Gasteiger partial charge on any atom is -0.477 e. The summed E-state index contributed by atoms with van der Waals surface area (Å²) in [6.07, 6.45) is 4.39. The molecule has 1 N–H and O–H groups in total. The number of imidazole rings is 1. The first-order chi connectivity index (χ1) is 10.7. The average molecular weight is 300 g/mol. The molecule has 1 fully saturated rings. The van der Waals surface area contributed by atoms with Crippen molar-refractivity contribution in [1.29, 1.82) is 0 Å². The predicted octanol–water partition coefficient (Wildman–Crippen LogP) is 2.14. The zero-order valence-corrected chi connectivity index (χ0v) is 12.9. The Morgan fingerprint density at radius 3 is 3.09 bits per heavy atom. The smallest absolute Gasteiger partial charge is 0.259 e. The van der Waals surface area contributed by atoms with Gasteiger partial charge in [-0.2, -0.15) is 0 Å². The van der Waals surface area contributed by atoms with Crippen molar-refractivity contribution >= 4 is 5.91 Å². The van der Waals surface area contributed by atoms with E-state index < -0.39 is 0 Å². The Balaban J connectivity index is 1.74. The maximum atomic E-state index is 12.7. The van der Waals surface area contributed by atoms with Gasteiger partial charge in [-0.1, -0.05) is 0 Å². The highest BCUT2D eigenvalue weighted by Gasteiger charge is 2.30. The van der Waals surface area contributed by atoms with Crippen molar-refractivity contribution in [2.45, 2.75) is 26.2 Å². The van der Waals surface area contributed by atoms with E-state index in [0.29, 0.717) is 24.6 Å². The minimum atomic E-state index is -0.0256. The van der Waals surface area contributed by atoms with E-state index in [-0.39, 0.29) is 11.8 Å². The number of carbonyl (C=O) groups excluding carboxylic acids is 1. The molecule has 116 valence electrons. The zero-order valence-electron chi connectivity index (χ0n) is 12.9. The van der Waals surface area contributed by atoms with Crippen LogP contribution in [0.3, 0.4) is 0 Å². The van der Waals surface area contributed by atoms with Crippen LogP contribution in [-0.4, -0.2) is 45.5 Å². The highest BCUT2D eigenvalue weighted by atomic mass is 16.5. The summed E-state index contributed by atoms with van der Waals surface area (Å²) in [6, 6.07) is 3.53. The summed E-state index contributed by atoms with van der Waals surface area (Å²) >= 11 is 0. The van der Waals surface area contributed by atoms with Gasteiger partial charge in [0.1, 0.15) is 11.4 Å². The highest BCUT2D eigenvalue weighted by molar-refractivity contribution is 5.96. The lowest BCUT2D eigenvalue weighted by Crippen LogP contribution is -2.29. The van der Waals surface area contributed by atoms with E-state index >= 15 is 0 Å². The molecule has 22 heavy (non-hydrogen) atoms. The van der Waals surface area contributed by atoms with Gasteiger partial charge in [0.2, 0.25) is 5.88 Å². The molecular formula is C16H20N4O2. The van der Waals surface area contributed by atoms with Crippen molar-refractivity contribution in [2.75, 3.05) is 19.7 Å². The number of nitrogens with zero attached hydrogens (tertiary/aromatic N) is 3. The molecule has 1 amide bonds. The number of hydrogen-bond acceptors (Lipinski definition) is 4. The summed E-state index contributed by atoms with van der Waals surface area (Å²) in [5, 5.41) is 0. The fraction of sp³-hybridized carbons (Fsp3) is 0.438. The van der Waals surface area contributed by atoms with Crippen LogP contribution in [-0.2, 0) is 0 Å². The van der Waals surface area contributed by atoms with Gasteiger partial charge < -0.3 is 14.6 Å². The fourth-order valence-electron chi connectivity index (χ4n) is 2.78. The number of aryl methyl sites for hydroxylation is 1. The summed E-state index contributed by atoms with van der Waals surface area (Å²) in [5.41, 5.74) is 1.58. The van der Waals surface area contributed by atoms with Crippen molar-refractivity contribution in [2.24, 2.45) is 0 Å². The molecule has 6 heteroatoms. The molecular weight excluding hydrogens is 280 g/mol. The Bertz CT molecular complexity index is 668. The first-order valence-electron chi connectivity index (χ1n) is 7.57. The Kier molecular flexibility index (Phi) is 4.09. The van der Waals surface area contributed by atoms with Crippen LogP contribution in [0.25, 0.3) is 0 Å². The molecule has 1 atom stereocenters. The lowest BCUT2D eigenvalue weighted by Gasteiger charge is -2.17. The van der Waals surface area contributed by atoms with E-state index in [1.165, 1.54) is 0 Å². The lowest BCUT2D eigenvalue weighted by atomic mass is 10.1. The number of amides is 1. The maximum absolute atomic E-state index is 12.7. The normalized spacial score (nSPS) is 17.7. The number of rotatable bonds is 4. The number of likely N-dealkylation sites (tertiary alicyclic amines) is 1. The molecule has 6 nitrogen and oxygen atoms in total. The lowest BCUT2D eigenvalue weighted by molar-refractivity contribution is 0.0785. The molecule has 0 saturated carbocycles. The standard InChI is InChI=1S/C16H20N4O2/c1-3-22-15-13(5-4-7-17-15)16(21)20-8-6-12(10-20)14-18-9-11(2)19-14/h4-5,7,9,12H,3,6,8,10H2,1-2H3,(H,18,19). The van der Waals surface area contributed by atoms with Crippen LogP contribution in [0.1, 0.15) is 41.1 Å². The first-order valence-corrected chi connectivity index (χ1v) is 7.57. The molecule has 1 saturated heterocycles. The van der Waals surface area contributed by atoms with Gasteiger partial charge in [0.25, 0.3) is 5.91 Å². The SMILES string of the molecule is CCOc1ncccc1C(=O)N1CCC(c2ncc(C)[nH]2)C1. The number of aromatic amines is 1. The third-order valence-corrected chi connectivity index (χ3v) is 3.87. The summed E-state index contributed by atoms with van der Waals surface area (Å²) in [6.45, 7) is 5.76. The number of aromatic nitrogens is 3. The molecule has 2 aromatic heterocycles. The van der Waals surface area contributed by atoms with Crippen LogP contribution in [0.5, 0.6) is 5.88 Å². The summed E-state index contributed by atoms with van der Waals surface area (Å²) in [7, 11) is 0. The van der Waals surface area contributed by atoms with Crippen LogP contribution in [0.4, 0.5) is 0 Å². The largest absolute Gasteiger partial charge is 0.477 e. The van der Waals surface area contributed by atoms with E-state index in [0.717, 1.165) is 24.5 Å². The van der Waals surface area contributed by atoms with Crippen molar-refractivity contribution in [3.05, 3.63) is 41.6 Å². The summed E-state index contributed by atoms with van der Waals surface area (Å²) in [5.74, 6) is 1.61. The molecule has 3 rings (SSSR count). The quantitative estimate of drug-likeness (QED) is 0.939. The van der Waals surface area contributed by atoms with E-state index in [1.807, 2.05) is 24.9 Å². The molecule has 1 aliphatic rings. The predicted molar refractivity (Wildman–Crippen MR) is 82.0 cm³/mol. The number of H-pyrrole nitrogens is 1. The van der Waals surface area contributed by atoms with Gasteiger partial charge in [0.15, 0.2) is 0 Å². The third-order valence-electron chi connectivity index (χ3n) is 3.87. The van der Waals surface area contributed by atoms with E-state index in [1.54, 1.807) is 18.3 Å². The molecule has 3 heterocycles. The van der Waals surface area contributed by atoms with Gasteiger partial charge in [0, 0.05) is 37.1 Å². The first kappa shape index (κ1) is 14.6. The van der Waals surface area contributed by atoms with Crippen LogP contribution >= 0.6 is 0 Å². The summed E-state index contributed by atoms with van der Waals surface area (Å²) in [4.78, 5) is 26.3. The molecule has 0 aliphatic carbocycles. The van der Waals surface area contributed by atoms with Crippen LogP contribution in [0.15, 0.2) is 24.5 Å². The molecule has 1 aliphatic heterocycles. The second kappa shape index (κ2) is 6.17. The molecule has 0 radical (unpaired) electrons. The third kappa shape index (κ3) is 2.81. The van der Waals surface area contributed by atoms with Crippen LogP contribution in [0, 0.1) is 6.92 Å². The van der Waals surface area contributed by atoms with E-state index in [9.17, 15) is 4.79 Å². The van der Waals surface area contributed by atoms with Gasteiger partial charge >= 0.3 is 0 Å². The van der Waals surface area contributed by atoms with Crippen molar-refractivity contribution in [3.63, 3.8) is 0 Å². The Hall–Kier alpha value is -2.37. The van der Waals surface area contributed by atoms with Crippen molar-refractivity contribution < 1.29 is 9.53 Å². The van der Waals surface area contributed by atoms with Crippen LogP contribution in [0.2, 0.25) is 0 Å². The van der Waals surface area contributed by atoms with Gasteiger partial charge in [0.05, 0.1) is 6.61 Å². The number of pyridine rings is 1. The van der Waals surface area contributed by atoms with Gasteiger partial charge in [-0.25, -0.2) is 9.97 Å². The molecule has 2 aromatic rings. The Morgan fingerprint density at radius 2 is 2.36 bits per heavy atom. The van der Waals surface area contributed by atoms with Crippen molar-refractivity contribution in [3.8, 4) is 5.88 Å². The molecule has 1 unspecified atom stereocenters. The van der Waals surface area contributed by atoms with E-state index in [2.05, 4.69) is 15.0 Å². The monoisotopic (exact) mass is 300 g/mol. The van der Waals surface area contributed by atoms with Gasteiger partial charge in [-0.3, -0.25) is 4.79 Å². The zero-order chi connectivity index (χ0) is 15.5. The second-order valence-corrected chi connectivity index (χ2v) is 5.48. The highest BCUT2D eigenvalue weighted by Crippen LogP contribution is 2.27.